The summed E-state index contributed by atoms with van der Waals surface area (Å²) in [6.07, 6.45) is 12.6. The molecule has 0 aromatic carbocycles. The van der Waals surface area contributed by atoms with Crippen LogP contribution in [0.1, 0.15) is 85.5 Å². The molecule has 0 aromatic rings. The van der Waals surface area contributed by atoms with E-state index in [9.17, 15) is 0 Å². The number of unbranched alkanes of at least 4 members (excludes halogenated alkanes) is 2. The Kier molecular flexibility index (Phi) is 7.29. The fraction of sp³-hybridized carbons (Fsp3) is 1.00. The van der Waals surface area contributed by atoms with Crippen molar-refractivity contribution in [3.8, 4) is 0 Å². The molecule has 1 aliphatic carbocycles. The molecule has 1 N–H and O–H groups in total. The molecule has 1 unspecified atom stereocenters. The first-order chi connectivity index (χ1) is 8.59. The van der Waals surface area contributed by atoms with Gasteiger partial charge in [0.2, 0.25) is 0 Å². The monoisotopic (exact) mass is 253 g/mol. The van der Waals surface area contributed by atoms with Crippen molar-refractivity contribution in [2.24, 2.45) is 11.3 Å². The molecule has 18 heavy (non-hydrogen) atoms. The van der Waals surface area contributed by atoms with Gasteiger partial charge in [0, 0.05) is 6.04 Å². The quantitative estimate of drug-likeness (QED) is 0.590. The first-order valence-electron chi connectivity index (χ1n) is 8.32. The predicted molar refractivity (Wildman–Crippen MR) is 82.0 cm³/mol. The van der Waals surface area contributed by atoms with E-state index in [1.807, 2.05) is 0 Å². The van der Waals surface area contributed by atoms with Gasteiger partial charge in [0.05, 0.1) is 0 Å². The third kappa shape index (κ3) is 5.73. The highest BCUT2D eigenvalue weighted by molar-refractivity contribution is 4.85. The topological polar surface area (TPSA) is 12.0 Å². The molecule has 1 fully saturated rings. The lowest BCUT2D eigenvalue weighted by Crippen LogP contribution is -2.39. The minimum absolute atomic E-state index is 0.606. The molecule has 0 saturated heterocycles. The van der Waals surface area contributed by atoms with E-state index in [0.29, 0.717) is 5.41 Å². The summed E-state index contributed by atoms with van der Waals surface area (Å²) < 4.78 is 0. The lowest BCUT2D eigenvalue weighted by Gasteiger charge is -2.38. The maximum Gasteiger partial charge on any atom is 0.00953 e. The molecule has 1 saturated carbocycles. The second-order valence-corrected chi connectivity index (χ2v) is 7.06. The smallest absolute Gasteiger partial charge is 0.00953 e. The Morgan fingerprint density at radius 3 is 2.28 bits per heavy atom. The normalized spacial score (nSPS) is 22.0. The Hall–Kier alpha value is -0.0400. The summed E-state index contributed by atoms with van der Waals surface area (Å²) in [5.74, 6) is 0.946. The van der Waals surface area contributed by atoms with Crippen molar-refractivity contribution in [3.05, 3.63) is 0 Å². The number of nitrogens with one attached hydrogen (secondary N) is 1. The average molecular weight is 253 g/mol. The molecule has 1 aliphatic rings. The Bertz CT molecular complexity index is 200. The van der Waals surface area contributed by atoms with Crippen LogP contribution in [0, 0.1) is 11.3 Å². The van der Waals surface area contributed by atoms with Gasteiger partial charge in [-0.25, -0.2) is 0 Å². The lowest BCUT2D eigenvalue weighted by molar-refractivity contribution is 0.156. The van der Waals surface area contributed by atoms with Gasteiger partial charge >= 0.3 is 0 Å². The molecule has 0 aliphatic heterocycles. The molecular weight excluding hydrogens is 218 g/mol. The number of hydrogen-bond donors (Lipinski definition) is 1. The van der Waals surface area contributed by atoms with Crippen LogP contribution in [0.15, 0.2) is 0 Å². The van der Waals surface area contributed by atoms with Crippen LogP contribution in [0.2, 0.25) is 0 Å². The second kappa shape index (κ2) is 8.19. The van der Waals surface area contributed by atoms with E-state index in [0.717, 1.165) is 12.0 Å². The van der Waals surface area contributed by atoms with Gasteiger partial charge < -0.3 is 5.32 Å². The molecular formula is C17H35N. The summed E-state index contributed by atoms with van der Waals surface area (Å²) in [5.41, 5.74) is 0.606. The van der Waals surface area contributed by atoms with Crippen LogP contribution in [-0.4, -0.2) is 12.6 Å². The zero-order valence-corrected chi connectivity index (χ0v) is 13.2. The molecule has 0 amide bonds. The van der Waals surface area contributed by atoms with Crippen LogP contribution in [0.3, 0.4) is 0 Å². The molecule has 1 heteroatoms. The van der Waals surface area contributed by atoms with Crippen molar-refractivity contribution in [2.75, 3.05) is 6.54 Å². The van der Waals surface area contributed by atoms with Crippen LogP contribution in [0.5, 0.6) is 0 Å². The summed E-state index contributed by atoms with van der Waals surface area (Å²) >= 11 is 0. The van der Waals surface area contributed by atoms with Crippen LogP contribution in [-0.2, 0) is 0 Å². The highest BCUT2D eigenvalue weighted by Crippen LogP contribution is 2.39. The minimum Gasteiger partial charge on any atom is -0.314 e. The van der Waals surface area contributed by atoms with E-state index in [1.54, 1.807) is 0 Å². The van der Waals surface area contributed by atoms with Crippen molar-refractivity contribution >= 4 is 0 Å². The van der Waals surface area contributed by atoms with Gasteiger partial charge in [0.15, 0.2) is 0 Å². The van der Waals surface area contributed by atoms with E-state index < -0.39 is 0 Å². The molecule has 1 nitrogen and oxygen atoms in total. The summed E-state index contributed by atoms with van der Waals surface area (Å²) in [5, 5.41) is 3.83. The van der Waals surface area contributed by atoms with Gasteiger partial charge in [-0.1, -0.05) is 47.0 Å². The van der Waals surface area contributed by atoms with Gasteiger partial charge in [-0.2, -0.15) is 0 Å². The van der Waals surface area contributed by atoms with Crippen molar-refractivity contribution in [3.63, 3.8) is 0 Å². The second-order valence-electron chi connectivity index (χ2n) is 7.06. The predicted octanol–water partition coefficient (Wildman–Crippen LogP) is 5.15. The van der Waals surface area contributed by atoms with E-state index >= 15 is 0 Å². The molecule has 1 rings (SSSR count). The fourth-order valence-electron chi connectivity index (χ4n) is 3.27. The van der Waals surface area contributed by atoms with Crippen LogP contribution < -0.4 is 5.32 Å². The van der Waals surface area contributed by atoms with Gasteiger partial charge in [-0.3, -0.25) is 0 Å². The molecule has 108 valence electrons. The van der Waals surface area contributed by atoms with Crippen LogP contribution in [0.4, 0.5) is 0 Å². The molecule has 0 bridgehead atoms. The molecule has 0 heterocycles. The summed E-state index contributed by atoms with van der Waals surface area (Å²) in [6, 6.07) is 0.799. The van der Waals surface area contributed by atoms with E-state index in [-0.39, 0.29) is 0 Å². The zero-order valence-electron chi connectivity index (χ0n) is 13.2. The minimum atomic E-state index is 0.606. The lowest BCUT2D eigenvalue weighted by atomic mass is 9.70. The summed E-state index contributed by atoms with van der Waals surface area (Å²) in [7, 11) is 0. The van der Waals surface area contributed by atoms with Crippen LogP contribution in [0.25, 0.3) is 0 Å². The first kappa shape index (κ1) is 16.0. The summed E-state index contributed by atoms with van der Waals surface area (Å²) in [4.78, 5) is 0. The highest BCUT2D eigenvalue weighted by atomic mass is 14.9. The number of rotatable bonds is 8. The molecule has 0 radical (unpaired) electrons. The maximum absolute atomic E-state index is 3.83. The highest BCUT2D eigenvalue weighted by Gasteiger charge is 2.30. The fourth-order valence-corrected chi connectivity index (χ4v) is 3.27. The average Bonchev–Trinajstić information content (AvgIpc) is 2.34. The molecule has 0 aromatic heterocycles. The zero-order chi connectivity index (χ0) is 13.4. The van der Waals surface area contributed by atoms with E-state index in [1.165, 1.54) is 64.3 Å². The largest absolute Gasteiger partial charge is 0.314 e. The SMILES string of the molecule is CCCCCC(NCCC)C1CCC(C)(C)CC1. The van der Waals surface area contributed by atoms with Crippen molar-refractivity contribution < 1.29 is 0 Å². The standard InChI is InChI=1S/C17H35N/c1-5-7-8-9-16(18-14-6-2)15-10-12-17(3,4)13-11-15/h15-16,18H,5-14H2,1-4H3. The van der Waals surface area contributed by atoms with Crippen molar-refractivity contribution in [2.45, 2.75) is 91.5 Å². The summed E-state index contributed by atoms with van der Waals surface area (Å²) in [6.45, 7) is 10.7. The first-order valence-corrected chi connectivity index (χ1v) is 8.32. The van der Waals surface area contributed by atoms with Gasteiger partial charge in [-0.15, -0.1) is 0 Å². The Morgan fingerprint density at radius 1 is 1.06 bits per heavy atom. The Morgan fingerprint density at radius 2 is 1.72 bits per heavy atom. The maximum atomic E-state index is 3.83. The van der Waals surface area contributed by atoms with Gasteiger partial charge in [0.1, 0.15) is 0 Å². The van der Waals surface area contributed by atoms with Crippen molar-refractivity contribution in [1.82, 2.24) is 5.32 Å². The Labute approximate surface area is 115 Å². The Balaban J connectivity index is 2.38. The van der Waals surface area contributed by atoms with Gasteiger partial charge in [0.25, 0.3) is 0 Å². The van der Waals surface area contributed by atoms with E-state index in [2.05, 4.69) is 33.0 Å². The van der Waals surface area contributed by atoms with Crippen LogP contribution >= 0.6 is 0 Å². The van der Waals surface area contributed by atoms with Crippen molar-refractivity contribution in [1.29, 1.82) is 0 Å². The van der Waals surface area contributed by atoms with E-state index in [4.69, 9.17) is 0 Å². The third-order valence-corrected chi connectivity index (χ3v) is 4.73. The molecule has 0 spiro atoms. The molecule has 1 atom stereocenters. The van der Waals surface area contributed by atoms with Gasteiger partial charge in [-0.05, 0) is 56.4 Å². The third-order valence-electron chi connectivity index (χ3n) is 4.73. The number of hydrogen-bond acceptors (Lipinski definition) is 1.